The van der Waals surface area contributed by atoms with E-state index in [0.29, 0.717) is 18.2 Å². The minimum atomic E-state index is 0.396. The van der Waals surface area contributed by atoms with Crippen LogP contribution in [0, 0.1) is 5.92 Å². The van der Waals surface area contributed by atoms with Gasteiger partial charge in [0.15, 0.2) is 0 Å². The summed E-state index contributed by atoms with van der Waals surface area (Å²) in [7, 11) is 0. The van der Waals surface area contributed by atoms with Gasteiger partial charge in [-0.1, -0.05) is 20.8 Å². The van der Waals surface area contributed by atoms with Gasteiger partial charge in [-0.3, -0.25) is 0 Å². The molecule has 0 aliphatic carbocycles. The van der Waals surface area contributed by atoms with Gasteiger partial charge in [-0.05, 0) is 25.7 Å². The molecule has 1 rings (SSSR count). The Morgan fingerprint density at radius 2 is 2.15 bits per heavy atom. The third-order valence-corrected chi connectivity index (χ3v) is 3.05. The first-order chi connectivity index (χ1) is 6.15. The highest BCUT2D eigenvalue weighted by atomic mass is 16.5. The van der Waals surface area contributed by atoms with Gasteiger partial charge in [0, 0.05) is 18.7 Å². The number of ether oxygens (including phenoxy) is 1. The molecule has 0 spiro atoms. The number of nitrogens with one attached hydrogen (secondary N) is 1. The van der Waals surface area contributed by atoms with Crippen molar-refractivity contribution < 1.29 is 4.74 Å². The molecule has 1 aliphatic heterocycles. The minimum absolute atomic E-state index is 0.396. The summed E-state index contributed by atoms with van der Waals surface area (Å²) in [6, 6.07) is 1.22. The average Bonchev–Trinajstić information content (AvgIpc) is 2.46. The van der Waals surface area contributed by atoms with Crippen molar-refractivity contribution in [1.29, 1.82) is 0 Å². The molecule has 0 amide bonds. The van der Waals surface area contributed by atoms with Crippen LogP contribution in [0.4, 0.5) is 0 Å². The third-order valence-electron chi connectivity index (χ3n) is 3.05. The van der Waals surface area contributed by atoms with E-state index in [0.717, 1.165) is 12.5 Å². The molecule has 1 aliphatic rings. The van der Waals surface area contributed by atoms with E-state index in [1.165, 1.54) is 12.8 Å². The van der Waals surface area contributed by atoms with Crippen molar-refractivity contribution in [2.45, 2.75) is 58.7 Å². The zero-order valence-corrected chi connectivity index (χ0v) is 9.34. The van der Waals surface area contributed by atoms with Gasteiger partial charge in [-0.2, -0.15) is 0 Å². The molecule has 0 aromatic carbocycles. The molecule has 1 N–H and O–H groups in total. The van der Waals surface area contributed by atoms with Crippen LogP contribution >= 0.6 is 0 Å². The molecule has 3 atom stereocenters. The van der Waals surface area contributed by atoms with Gasteiger partial charge >= 0.3 is 0 Å². The Morgan fingerprint density at radius 3 is 2.54 bits per heavy atom. The van der Waals surface area contributed by atoms with Crippen LogP contribution in [0.3, 0.4) is 0 Å². The van der Waals surface area contributed by atoms with E-state index in [1.54, 1.807) is 0 Å². The highest BCUT2D eigenvalue weighted by molar-refractivity contribution is 4.83. The molecule has 1 fully saturated rings. The van der Waals surface area contributed by atoms with Crippen LogP contribution < -0.4 is 5.32 Å². The summed E-state index contributed by atoms with van der Waals surface area (Å²) in [6.07, 6.45) is 2.78. The van der Waals surface area contributed by atoms with Crippen molar-refractivity contribution in [3.05, 3.63) is 0 Å². The number of hydrogen-bond acceptors (Lipinski definition) is 2. The first-order valence-corrected chi connectivity index (χ1v) is 5.52. The summed E-state index contributed by atoms with van der Waals surface area (Å²) in [5.74, 6) is 0.720. The fourth-order valence-electron chi connectivity index (χ4n) is 2.01. The molecule has 0 saturated carbocycles. The monoisotopic (exact) mass is 185 g/mol. The molecule has 3 unspecified atom stereocenters. The van der Waals surface area contributed by atoms with E-state index in [-0.39, 0.29) is 0 Å². The Morgan fingerprint density at radius 1 is 1.46 bits per heavy atom. The Bertz CT molecular complexity index is 147. The first-order valence-electron chi connectivity index (χ1n) is 5.52. The molecule has 0 radical (unpaired) electrons. The van der Waals surface area contributed by atoms with Gasteiger partial charge in [-0.15, -0.1) is 0 Å². The van der Waals surface area contributed by atoms with E-state index in [2.05, 4.69) is 33.0 Å². The molecule has 0 aromatic heterocycles. The van der Waals surface area contributed by atoms with Crippen molar-refractivity contribution in [1.82, 2.24) is 5.32 Å². The second kappa shape index (κ2) is 4.97. The topological polar surface area (TPSA) is 21.3 Å². The van der Waals surface area contributed by atoms with Gasteiger partial charge in [0.1, 0.15) is 0 Å². The molecule has 13 heavy (non-hydrogen) atoms. The van der Waals surface area contributed by atoms with E-state index in [9.17, 15) is 0 Å². The van der Waals surface area contributed by atoms with Crippen LogP contribution in [0.25, 0.3) is 0 Å². The summed E-state index contributed by atoms with van der Waals surface area (Å²) in [5.41, 5.74) is 0. The lowest BCUT2D eigenvalue weighted by molar-refractivity contribution is 0.109. The SMILES string of the molecule is CCC(NC1CCOC1C)C(C)C. The lowest BCUT2D eigenvalue weighted by Crippen LogP contribution is -2.44. The smallest absolute Gasteiger partial charge is 0.0700 e. The predicted octanol–water partition coefficient (Wildman–Crippen LogP) is 2.19. The maximum absolute atomic E-state index is 5.53. The molecular formula is C11H23NO. The summed E-state index contributed by atoms with van der Waals surface area (Å²) >= 11 is 0. The van der Waals surface area contributed by atoms with Gasteiger partial charge in [0.2, 0.25) is 0 Å². The van der Waals surface area contributed by atoms with Crippen molar-refractivity contribution in [3.63, 3.8) is 0 Å². The van der Waals surface area contributed by atoms with Crippen molar-refractivity contribution >= 4 is 0 Å². The normalized spacial score (nSPS) is 31.2. The average molecular weight is 185 g/mol. The third kappa shape index (κ3) is 2.96. The lowest BCUT2D eigenvalue weighted by atomic mass is 9.99. The summed E-state index contributed by atoms with van der Waals surface area (Å²) in [5, 5.41) is 3.69. The minimum Gasteiger partial charge on any atom is -0.377 e. The summed E-state index contributed by atoms with van der Waals surface area (Å²) in [4.78, 5) is 0. The van der Waals surface area contributed by atoms with Crippen LogP contribution in [0.15, 0.2) is 0 Å². The highest BCUT2D eigenvalue weighted by Crippen LogP contribution is 2.16. The highest BCUT2D eigenvalue weighted by Gasteiger charge is 2.26. The zero-order chi connectivity index (χ0) is 9.84. The summed E-state index contributed by atoms with van der Waals surface area (Å²) < 4.78 is 5.53. The predicted molar refractivity (Wildman–Crippen MR) is 55.9 cm³/mol. The molecular weight excluding hydrogens is 162 g/mol. The Balaban J connectivity index is 2.36. The van der Waals surface area contributed by atoms with Crippen molar-refractivity contribution in [2.24, 2.45) is 5.92 Å². The number of hydrogen-bond donors (Lipinski definition) is 1. The lowest BCUT2D eigenvalue weighted by Gasteiger charge is -2.26. The fraction of sp³-hybridized carbons (Fsp3) is 1.00. The molecule has 0 aromatic rings. The molecule has 1 heterocycles. The van der Waals surface area contributed by atoms with Crippen LogP contribution in [0.1, 0.15) is 40.5 Å². The maximum atomic E-state index is 5.53. The Kier molecular flexibility index (Phi) is 4.20. The van der Waals surface area contributed by atoms with Crippen molar-refractivity contribution in [2.75, 3.05) is 6.61 Å². The zero-order valence-electron chi connectivity index (χ0n) is 9.34. The van der Waals surface area contributed by atoms with Gasteiger partial charge in [0.25, 0.3) is 0 Å². The van der Waals surface area contributed by atoms with E-state index in [1.807, 2.05) is 0 Å². The second-order valence-corrected chi connectivity index (χ2v) is 4.40. The molecule has 1 saturated heterocycles. The van der Waals surface area contributed by atoms with Crippen LogP contribution in [-0.4, -0.2) is 24.8 Å². The number of rotatable bonds is 4. The summed E-state index contributed by atoms with van der Waals surface area (Å²) in [6.45, 7) is 9.90. The molecule has 2 nitrogen and oxygen atoms in total. The second-order valence-electron chi connectivity index (χ2n) is 4.40. The molecule has 78 valence electrons. The van der Waals surface area contributed by atoms with E-state index >= 15 is 0 Å². The Hall–Kier alpha value is -0.0800. The van der Waals surface area contributed by atoms with Gasteiger partial charge in [0.05, 0.1) is 6.10 Å². The fourth-order valence-corrected chi connectivity index (χ4v) is 2.01. The Labute approximate surface area is 82.0 Å². The van der Waals surface area contributed by atoms with Gasteiger partial charge in [-0.25, -0.2) is 0 Å². The maximum Gasteiger partial charge on any atom is 0.0700 e. The first kappa shape index (κ1) is 11.0. The van der Waals surface area contributed by atoms with Gasteiger partial charge < -0.3 is 10.1 Å². The molecule has 2 heteroatoms. The van der Waals surface area contributed by atoms with E-state index < -0.39 is 0 Å². The van der Waals surface area contributed by atoms with Crippen LogP contribution in [0.5, 0.6) is 0 Å². The quantitative estimate of drug-likeness (QED) is 0.725. The standard InChI is InChI=1S/C11H23NO/c1-5-10(8(2)3)12-11-6-7-13-9(11)4/h8-12H,5-7H2,1-4H3. The van der Waals surface area contributed by atoms with Crippen LogP contribution in [0.2, 0.25) is 0 Å². The van der Waals surface area contributed by atoms with E-state index in [4.69, 9.17) is 4.74 Å². The molecule has 0 bridgehead atoms. The van der Waals surface area contributed by atoms with Crippen LogP contribution in [-0.2, 0) is 4.74 Å². The largest absolute Gasteiger partial charge is 0.377 e. The van der Waals surface area contributed by atoms with Crippen molar-refractivity contribution in [3.8, 4) is 0 Å².